The van der Waals surface area contributed by atoms with Gasteiger partial charge in [-0.15, -0.1) is 0 Å². The van der Waals surface area contributed by atoms with Crippen molar-refractivity contribution in [1.29, 1.82) is 0 Å². The van der Waals surface area contributed by atoms with E-state index in [1.807, 2.05) is 18.2 Å². The summed E-state index contributed by atoms with van der Waals surface area (Å²) in [5, 5.41) is 0. The molecule has 0 aliphatic carbocycles. The van der Waals surface area contributed by atoms with Gasteiger partial charge in [0.2, 0.25) is 0 Å². The van der Waals surface area contributed by atoms with Crippen molar-refractivity contribution in [1.82, 2.24) is 0 Å². The van der Waals surface area contributed by atoms with Crippen LogP contribution in [0.5, 0.6) is 0 Å². The van der Waals surface area contributed by atoms with Crippen molar-refractivity contribution >= 4 is 27.8 Å². The average molecular weight is 266 g/mol. The zero-order chi connectivity index (χ0) is 10.6. The van der Waals surface area contributed by atoms with Crippen LogP contribution in [0.1, 0.15) is 20.8 Å². The minimum atomic E-state index is -1.82. The van der Waals surface area contributed by atoms with Crippen LogP contribution in [-0.4, -0.2) is 13.4 Å². The second-order valence-corrected chi connectivity index (χ2v) is 9.20. The van der Waals surface area contributed by atoms with Gasteiger partial charge in [-0.1, -0.05) is 0 Å². The molecule has 0 aliphatic rings. The molecule has 0 fully saturated rings. The topological polar surface area (TPSA) is 0 Å². The van der Waals surface area contributed by atoms with Crippen LogP contribution in [0, 0.1) is 16.1 Å². The molecule has 0 aromatic heterocycles. The molecule has 1 radical (unpaired) electrons. The minimum absolute atomic E-state index is 0.0575. The van der Waals surface area contributed by atoms with E-state index in [-0.39, 0.29) is 5.41 Å². The van der Waals surface area contributed by atoms with Gasteiger partial charge in [0.25, 0.3) is 0 Å². The van der Waals surface area contributed by atoms with E-state index in [9.17, 15) is 0 Å². The van der Waals surface area contributed by atoms with Gasteiger partial charge in [0.1, 0.15) is 0 Å². The van der Waals surface area contributed by atoms with Crippen molar-refractivity contribution in [3.63, 3.8) is 0 Å². The molecule has 0 spiro atoms. The predicted molar refractivity (Wildman–Crippen MR) is 64.9 cm³/mol. The molecule has 1 rings (SSSR count). The van der Waals surface area contributed by atoms with Gasteiger partial charge in [-0.3, -0.25) is 0 Å². The Balaban J connectivity index is 2.76. The molecule has 1 aromatic carbocycles. The molecular weight excluding hydrogens is 252 g/mol. The van der Waals surface area contributed by atoms with Crippen molar-refractivity contribution in [3.05, 3.63) is 30.3 Å². The second kappa shape index (κ2) is 4.91. The molecule has 0 nitrogen and oxygen atoms in total. The Kier molecular flexibility index (Phi) is 4.10. The first-order valence-electron chi connectivity index (χ1n) is 4.60. The third kappa shape index (κ3) is 4.22. The number of hydrogen-bond acceptors (Lipinski definition) is 0. The Bertz CT molecular complexity index is 340. The number of hydrogen-bond donors (Lipinski definition) is 0. The summed E-state index contributed by atoms with van der Waals surface area (Å²) in [6.45, 7) is 6.31. The van der Waals surface area contributed by atoms with Crippen LogP contribution in [-0.2, 0) is 0 Å². The zero-order valence-electron chi connectivity index (χ0n) is 8.76. The molecule has 1 aromatic rings. The van der Waals surface area contributed by atoms with Crippen molar-refractivity contribution in [2.45, 2.75) is 20.8 Å². The summed E-state index contributed by atoms with van der Waals surface area (Å²) in [6, 6.07) is 10.2. The van der Waals surface area contributed by atoms with E-state index in [4.69, 9.17) is 10.0 Å². The normalized spacial score (nSPS) is 10.9. The summed E-state index contributed by atoms with van der Waals surface area (Å²) in [5.74, 6) is 3.21. The van der Waals surface area contributed by atoms with Crippen LogP contribution < -0.4 is 4.40 Å². The molecule has 14 heavy (non-hydrogen) atoms. The molecule has 0 saturated carbocycles. The van der Waals surface area contributed by atoms with E-state index in [1.165, 1.54) is 4.40 Å². The predicted octanol–water partition coefficient (Wildman–Crippen LogP) is 2.71. The van der Waals surface area contributed by atoms with Crippen LogP contribution in [0.2, 0.25) is 0 Å². The van der Waals surface area contributed by atoms with Gasteiger partial charge in [-0.25, -0.2) is 0 Å². The summed E-state index contributed by atoms with van der Waals surface area (Å²) in [5.41, 5.74) is 0.0575. The Morgan fingerprint density at radius 2 is 1.71 bits per heavy atom. The summed E-state index contributed by atoms with van der Waals surface area (Å²) in [7, 11) is 6.31. The fraction of sp³-hybridized carbons (Fsp3) is 0.333. The van der Waals surface area contributed by atoms with Crippen LogP contribution in [0.25, 0.3) is 0 Å². The Morgan fingerprint density at radius 3 is 2.21 bits per heavy atom. The van der Waals surface area contributed by atoms with Gasteiger partial charge in [-0.2, -0.15) is 0 Å². The third-order valence-corrected chi connectivity index (χ3v) is 5.68. The molecule has 0 saturated heterocycles. The van der Waals surface area contributed by atoms with E-state index >= 15 is 0 Å². The summed E-state index contributed by atoms with van der Waals surface area (Å²) >= 11 is -1.82. The first-order chi connectivity index (χ1) is 6.49. The average Bonchev–Trinajstić information content (AvgIpc) is 2.14. The molecule has 73 valence electrons. The fourth-order valence-electron chi connectivity index (χ4n) is 0.899. The van der Waals surface area contributed by atoms with Gasteiger partial charge >= 0.3 is 95.0 Å². The van der Waals surface area contributed by atoms with Crippen LogP contribution >= 0.6 is 10.0 Å². The van der Waals surface area contributed by atoms with Gasteiger partial charge < -0.3 is 0 Å². The van der Waals surface area contributed by atoms with Crippen LogP contribution in [0.4, 0.5) is 0 Å². The van der Waals surface area contributed by atoms with Gasteiger partial charge in [-0.05, 0) is 0 Å². The van der Waals surface area contributed by atoms with Crippen molar-refractivity contribution < 1.29 is 0 Å². The quantitative estimate of drug-likeness (QED) is 0.541. The van der Waals surface area contributed by atoms with Crippen molar-refractivity contribution in [2.24, 2.45) is 5.41 Å². The molecular formula is C12H14ClGe. The van der Waals surface area contributed by atoms with E-state index in [1.54, 1.807) is 0 Å². The first kappa shape index (κ1) is 11.7. The molecule has 0 heterocycles. The van der Waals surface area contributed by atoms with E-state index < -0.39 is 13.4 Å². The van der Waals surface area contributed by atoms with Crippen LogP contribution in [0.3, 0.4) is 0 Å². The molecule has 0 N–H and O–H groups in total. The van der Waals surface area contributed by atoms with Gasteiger partial charge in [0.15, 0.2) is 0 Å². The fourth-order valence-corrected chi connectivity index (χ4v) is 4.14. The standard InChI is InChI=1S/C12H14ClGe/c1-12(2,3)9-10-14(13)11-7-5-4-6-8-11/h4-8H,1-3H3. The van der Waals surface area contributed by atoms with Crippen molar-refractivity contribution in [2.75, 3.05) is 0 Å². The molecule has 0 bridgehead atoms. The number of halogens is 1. The Hall–Kier alpha value is -0.387. The summed E-state index contributed by atoms with van der Waals surface area (Å²) in [6.07, 6.45) is 0. The SMILES string of the molecule is CC(C)(C)C#[C][Ge]([Cl])[c]1ccccc1. The Labute approximate surface area is 95.0 Å². The number of rotatable bonds is 1. The maximum absolute atomic E-state index is 6.31. The molecule has 2 heteroatoms. The van der Waals surface area contributed by atoms with Crippen molar-refractivity contribution in [3.8, 4) is 10.7 Å². The van der Waals surface area contributed by atoms with E-state index in [0.717, 1.165) is 0 Å². The molecule has 0 atom stereocenters. The Morgan fingerprint density at radius 1 is 1.14 bits per heavy atom. The van der Waals surface area contributed by atoms with Gasteiger partial charge in [0.05, 0.1) is 0 Å². The van der Waals surface area contributed by atoms with E-state index in [2.05, 4.69) is 43.6 Å². The summed E-state index contributed by atoms with van der Waals surface area (Å²) < 4.78 is 4.45. The maximum atomic E-state index is 6.31. The third-order valence-electron chi connectivity index (χ3n) is 1.57. The zero-order valence-corrected chi connectivity index (χ0v) is 11.6. The number of benzene rings is 1. The molecule has 0 unspecified atom stereocenters. The summed E-state index contributed by atoms with van der Waals surface area (Å²) in [4.78, 5) is 0. The van der Waals surface area contributed by atoms with E-state index in [0.29, 0.717) is 0 Å². The van der Waals surface area contributed by atoms with Gasteiger partial charge in [0, 0.05) is 0 Å². The second-order valence-electron chi connectivity index (χ2n) is 4.18. The molecule has 0 amide bonds. The first-order valence-corrected chi connectivity index (χ1v) is 9.45. The van der Waals surface area contributed by atoms with Crippen LogP contribution in [0.15, 0.2) is 30.3 Å². The monoisotopic (exact) mass is 267 g/mol. The molecule has 0 aliphatic heterocycles.